The number of piperidine rings is 1. The summed E-state index contributed by atoms with van der Waals surface area (Å²) in [4.78, 5) is 25.8. The molecule has 33 heavy (non-hydrogen) atoms. The molecule has 2 saturated heterocycles. The van der Waals surface area contributed by atoms with E-state index in [4.69, 9.17) is 4.74 Å². The molecule has 0 bridgehead atoms. The minimum absolute atomic E-state index is 0.0352. The fourth-order valence-electron chi connectivity index (χ4n) is 4.23. The monoisotopic (exact) mass is 471 g/mol. The zero-order valence-electron chi connectivity index (χ0n) is 18.4. The summed E-state index contributed by atoms with van der Waals surface area (Å²) in [5.74, 6) is -0.786. The maximum atomic E-state index is 12.9. The Kier molecular flexibility index (Phi) is 7.42. The zero-order chi connectivity index (χ0) is 23.3. The summed E-state index contributed by atoms with van der Waals surface area (Å²) >= 11 is 0. The molecule has 0 radical (unpaired) electrons. The highest BCUT2D eigenvalue weighted by molar-refractivity contribution is 7.89. The van der Waals surface area contributed by atoms with Crippen molar-refractivity contribution in [1.29, 1.82) is 0 Å². The van der Waals surface area contributed by atoms with Crippen LogP contribution in [0.2, 0.25) is 0 Å². The molecule has 2 N–H and O–H groups in total. The van der Waals surface area contributed by atoms with Crippen molar-refractivity contribution in [3.63, 3.8) is 0 Å². The van der Waals surface area contributed by atoms with Crippen LogP contribution in [0.15, 0.2) is 59.5 Å². The van der Waals surface area contributed by atoms with E-state index in [1.807, 2.05) is 0 Å². The molecule has 1 atom stereocenters. The van der Waals surface area contributed by atoms with E-state index in [0.29, 0.717) is 30.6 Å². The fourth-order valence-corrected chi connectivity index (χ4v) is 5.72. The van der Waals surface area contributed by atoms with Gasteiger partial charge in [0, 0.05) is 32.2 Å². The van der Waals surface area contributed by atoms with Gasteiger partial charge >= 0.3 is 0 Å². The SMILES string of the molecule is O=C(NC[C@H]1CCCO1)c1ccccc1NC(=O)C1CCN(S(=O)(=O)c2ccccc2)CC1. The van der Waals surface area contributed by atoms with Crippen molar-refractivity contribution >= 4 is 27.5 Å². The molecule has 9 heteroatoms. The summed E-state index contributed by atoms with van der Waals surface area (Å²) < 4.78 is 32.6. The van der Waals surface area contributed by atoms with Crippen molar-refractivity contribution in [1.82, 2.24) is 9.62 Å². The van der Waals surface area contributed by atoms with Gasteiger partial charge in [0.2, 0.25) is 15.9 Å². The topological polar surface area (TPSA) is 105 Å². The molecule has 4 rings (SSSR count). The van der Waals surface area contributed by atoms with Gasteiger partial charge in [0.15, 0.2) is 0 Å². The molecule has 0 aliphatic carbocycles. The Balaban J connectivity index is 1.34. The lowest BCUT2D eigenvalue weighted by Crippen LogP contribution is -2.41. The van der Waals surface area contributed by atoms with E-state index < -0.39 is 10.0 Å². The third-order valence-corrected chi connectivity index (χ3v) is 8.06. The van der Waals surface area contributed by atoms with Gasteiger partial charge in [0.25, 0.3) is 5.91 Å². The van der Waals surface area contributed by atoms with Crippen molar-refractivity contribution in [3.8, 4) is 0 Å². The quantitative estimate of drug-likeness (QED) is 0.646. The van der Waals surface area contributed by atoms with Crippen molar-refractivity contribution in [3.05, 3.63) is 60.2 Å². The van der Waals surface area contributed by atoms with Crippen LogP contribution >= 0.6 is 0 Å². The Hall–Kier alpha value is -2.75. The first-order chi connectivity index (χ1) is 15.9. The first-order valence-corrected chi connectivity index (χ1v) is 12.7. The number of anilines is 1. The number of hydrogen-bond donors (Lipinski definition) is 2. The summed E-state index contributed by atoms with van der Waals surface area (Å²) in [6.45, 7) is 1.71. The molecule has 2 aliphatic heterocycles. The lowest BCUT2D eigenvalue weighted by molar-refractivity contribution is -0.120. The predicted molar refractivity (Wildman–Crippen MR) is 124 cm³/mol. The molecule has 0 unspecified atom stereocenters. The normalized spacial score (nSPS) is 19.8. The lowest BCUT2D eigenvalue weighted by Gasteiger charge is -2.30. The fraction of sp³-hybridized carbons (Fsp3) is 0.417. The Morgan fingerprint density at radius 2 is 1.67 bits per heavy atom. The number of sulfonamides is 1. The standard InChI is InChI=1S/C24H29N3O5S/c28-23(18-12-14-27(15-13-18)33(30,31)20-8-2-1-3-9-20)26-22-11-5-4-10-21(22)24(29)25-17-19-7-6-16-32-19/h1-5,8-11,18-19H,6-7,12-17H2,(H,25,29)(H,26,28)/t19-/m1/s1. The molecular formula is C24H29N3O5S. The minimum Gasteiger partial charge on any atom is -0.376 e. The largest absolute Gasteiger partial charge is 0.376 e. The van der Waals surface area contributed by atoms with Gasteiger partial charge in [0.1, 0.15) is 0 Å². The van der Waals surface area contributed by atoms with Crippen LogP contribution in [0.25, 0.3) is 0 Å². The summed E-state index contributed by atoms with van der Waals surface area (Å²) in [6, 6.07) is 15.2. The Morgan fingerprint density at radius 3 is 2.36 bits per heavy atom. The second-order valence-electron chi connectivity index (χ2n) is 8.37. The van der Waals surface area contributed by atoms with Crippen LogP contribution in [0, 0.1) is 5.92 Å². The number of carbonyl (C=O) groups excluding carboxylic acids is 2. The summed E-state index contributed by atoms with van der Waals surface area (Å²) in [5, 5.41) is 5.76. The van der Waals surface area contributed by atoms with Crippen LogP contribution in [0.1, 0.15) is 36.0 Å². The summed E-state index contributed by atoms with van der Waals surface area (Å²) in [5.41, 5.74) is 0.847. The number of hydrogen-bond acceptors (Lipinski definition) is 5. The average molecular weight is 472 g/mol. The third kappa shape index (κ3) is 5.61. The number of ether oxygens (including phenoxy) is 1. The van der Waals surface area contributed by atoms with Crippen LogP contribution in [0.5, 0.6) is 0 Å². The van der Waals surface area contributed by atoms with Gasteiger partial charge in [-0.1, -0.05) is 30.3 Å². The molecule has 0 saturated carbocycles. The highest BCUT2D eigenvalue weighted by Crippen LogP contribution is 2.25. The van der Waals surface area contributed by atoms with Gasteiger partial charge in [-0.05, 0) is 49.9 Å². The van der Waals surface area contributed by atoms with Crippen LogP contribution in [-0.4, -0.2) is 56.9 Å². The van der Waals surface area contributed by atoms with Gasteiger partial charge in [-0.15, -0.1) is 0 Å². The van der Waals surface area contributed by atoms with Crippen LogP contribution in [0.3, 0.4) is 0 Å². The highest BCUT2D eigenvalue weighted by Gasteiger charge is 2.32. The average Bonchev–Trinajstić information content (AvgIpc) is 3.37. The van der Waals surface area contributed by atoms with Gasteiger partial charge in [-0.2, -0.15) is 4.31 Å². The van der Waals surface area contributed by atoms with Crippen molar-refractivity contribution < 1.29 is 22.7 Å². The predicted octanol–water partition coefficient (Wildman–Crippen LogP) is 2.63. The Labute approximate surface area is 194 Å². The van der Waals surface area contributed by atoms with E-state index in [1.54, 1.807) is 54.6 Å². The summed E-state index contributed by atoms with van der Waals surface area (Å²) in [6.07, 6.45) is 2.81. The van der Waals surface area contributed by atoms with Crippen LogP contribution in [0.4, 0.5) is 5.69 Å². The number of carbonyl (C=O) groups is 2. The molecule has 0 aromatic heterocycles. The van der Waals surface area contributed by atoms with E-state index in [0.717, 1.165) is 19.4 Å². The molecule has 2 aromatic rings. The van der Waals surface area contributed by atoms with E-state index in [9.17, 15) is 18.0 Å². The van der Waals surface area contributed by atoms with Crippen molar-refractivity contribution in [2.24, 2.45) is 5.92 Å². The van der Waals surface area contributed by atoms with Gasteiger partial charge < -0.3 is 15.4 Å². The molecule has 2 heterocycles. The van der Waals surface area contributed by atoms with Crippen LogP contribution < -0.4 is 10.6 Å². The first-order valence-electron chi connectivity index (χ1n) is 11.3. The molecular weight excluding hydrogens is 442 g/mol. The lowest BCUT2D eigenvalue weighted by atomic mass is 9.97. The molecule has 8 nitrogen and oxygen atoms in total. The van der Waals surface area contributed by atoms with E-state index >= 15 is 0 Å². The Morgan fingerprint density at radius 1 is 0.970 bits per heavy atom. The number of para-hydroxylation sites is 1. The zero-order valence-corrected chi connectivity index (χ0v) is 19.2. The molecule has 176 valence electrons. The minimum atomic E-state index is -3.56. The van der Waals surface area contributed by atoms with Gasteiger partial charge in [-0.25, -0.2) is 8.42 Å². The summed E-state index contributed by atoms with van der Waals surface area (Å²) in [7, 11) is -3.56. The molecule has 2 amide bonds. The van der Waals surface area contributed by atoms with Crippen molar-refractivity contribution in [2.75, 3.05) is 31.6 Å². The van der Waals surface area contributed by atoms with E-state index in [-0.39, 0.29) is 41.8 Å². The maximum absolute atomic E-state index is 12.9. The van der Waals surface area contributed by atoms with Crippen molar-refractivity contribution in [2.45, 2.75) is 36.7 Å². The smallest absolute Gasteiger partial charge is 0.253 e. The van der Waals surface area contributed by atoms with E-state index in [2.05, 4.69) is 10.6 Å². The van der Waals surface area contributed by atoms with E-state index in [1.165, 1.54) is 4.31 Å². The van der Waals surface area contributed by atoms with Crippen LogP contribution in [-0.2, 0) is 19.6 Å². The number of benzene rings is 2. The maximum Gasteiger partial charge on any atom is 0.253 e. The second kappa shape index (κ2) is 10.5. The number of amides is 2. The third-order valence-electron chi connectivity index (χ3n) is 6.15. The van der Waals surface area contributed by atoms with Gasteiger partial charge in [0.05, 0.1) is 22.3 Å². The molecule has 2 aromatic carbocycles. The highest BCUT2D eigenvalue weighted by atomic mass is 32.2. The Bertz CT molecular complexity index is 1080. The van der Waals surface area contributed by atoms with Gasteiger partial charge in [-0.3, -0.25) is 9.59 Å². The molecule has 2 aliphatic rings. The number of nitrogens with zero attached hydrogens (tertiary/aromatic N) is 1. The second-order valence-corrected chi connectivity index (χ2v) is 10.3. The first kappa shape index (κ1) is 23.4. The number of rotatable bonds is 7. The molecule has 2 fully saturated rings. The molecule has 0 spiro atoms. The number of nitrogens with one attached hydrogen (secondary N) is 2.